The third kappa shape index (κ3) is 2.82. The van der Waals surface area contributed by atoms with E-state index >= 15 is 0 Å². The monoisotopic (exact) mass is 118 g/mol. The summed E-state index contributed by atoms with van der Waals surface area (Å²) in [7, 11) is -0.709. The van der Waals surface area contributed by atoms with Crippen molar-refractivity contribution in [3.05, 3.63) is 0 Å². The Kier molecular flexibility index (Phi) is 3.30. The fourth-order valence-corrected chi connectivity index (χ4v) is 1.41. The van der Waals surface area contributed by atoms with E-state index < -0.39 is 8.80 Å². The molecule has 0 aliphatic carbocycles. The summed E-state index contributed by atoms with van der Waals surface area (Å²) in [6, 6.07) is 0. The summed E-state index contributed by atoms with van der Waals surface area (Å²) in [6.07, 6.45) is 0.934. The minimum Gasteiger partial charge on any atom is -0.397 e. The van der Waals surface area contributed by atoms with Crippen LogP contribution < -0.4 is 0 Å². The van der Waals surface area contributed by atoms with Crippen LogP contribution in [0.5, 0.6) is 0 Å². The maximum Gasteiger partial charge on any atom is 0.0652 e. The smallest absolute Gasteiger partial charge is 0.0652 e. The Morgan fingerprint density at radius 2 is 2.00 bits per heavy atom. The molecule has 44 valence electrons. The molecule has 0 aliphatic rings. The molecule has 1 nitrogen and oxygen atoms in total. The Labute approximate surface area is 47.0 Å². The zero-order valence-corrected chi connectivity index (χ0v) is 6.46. The molecule has 0 radical (unpaired) electrons. The highest BCUT2D eigenvalue weighted by molar-refractivity contribution is 6.57. The lowest BCUT2D eigenvalue weighted by Crippen LogP contribution is -2.22. The van der Waals surface area contributed by atoms with Gasteiger partial charge in [0.2, 0.25) is 0 Å². The van der Waals surface area contributed by atoms with Gasteiger partial charge >= 0.3 is 0 Å². The van der Waals surface area contributed by atoms with Crippen molar-refractivity contribution in [1.29, 1.82) is 0 Å². The van der Waals surface area contributed by atoms with Crippen LogP contribution in [0.1, 0.15) is 13.3 Å². The average molecular weight is 118 g/mol. The van der Waals surface area contributed by atoms with E-state index in [-0.39, 0.29) is 5.73 Å². The highest BCUT2D eigenvalue weighted by atomic mass is 28.3. The molecule has 0 bridgehead atoms. The summed E-state index contributed by atoms with van der Waals surface area (Å²) in [5, 5.41) is 9.00. The fourth-order valence-electron chi connectivity index (χ4n) is 0.471. The van der Waals surface area contributed by atoms with Crippen molar-refractivity contribution >= 4 is 8.80 Å². The average Bonchev–Trinajstić information content (AvgIpc) is 1.65. The summed E-state index contributed by atoms with van der Waals surface area (Å²) in [5.74, 6) is 0. The van der Waals surface area contributed by atoms with Crippen molar-refractivity contribution in [2.24, 2.45) is 0 Å². The number of hydrogen-bond donors (Lipinski definition) is 1. The van der Waals surface area contributed by atoms with Crippen LogP contribution in [0.4, 0.5) is 0 Å². The third-order valence-corrected chi connectivity index (χ3v) is 3.20. The lowest BCUT2D eigenvalue weighted by atomic mass is 10.5. The van der Waals surface area contributed by atoms with Gasteiger partial charge in [-0.2, -0.15) is 0 Å². The van der Waals surface area contributed by atoms with Crippen molar-refractivity contribution in [2.75, 3.05) is 0 Å². The summed E-state index contributed by atoms with van der Waals surface area (Å²) in [6.45, 7) is 6.35. The molecule has 0 saturated carbocycles. The normalized spacial score (nSPS) is 15.0. The van der Waals surface area contributed by atoms with Crippen molar-refractivity contribution < 1.29 is 5.11 Å². The fraction of sp³-hybridized carbons (Fsp3) is 1.00. The predicted molar refractivity (Wildman–Crippen MR) is 35.2 cm³/mol. The Bertz CT molecular complexity index is 45.3. The molecule has 0 amide bonds. The second-order valence-electron chi connectivity index (χ2n) is 2.22. The molecule has 0 aromatic rings. The molecule has 0 aliphatic heterocycles. The van der Waals surface area contributed by atoms with Gasteiger partial charge in [0.25, 0.3) is 0 Å². The Morgan fingerprint density at radius 3 is 2.00 bits per heavy atom. The summed E-state index contributed by atoms with van der Waals surface area (Å²) < 4.78 is 0. The zero-order valence-electron chi connectivity index (χ0n) is 5.31. The first-order valence-electron chi connectivity index (χ1n) is 2.86. The van der Waals surface area contributed by atoms with Crippen molar-refractivity contribution in [3.8, 4) is 0 Å². The molecular weight excluding hydrogens is 104 g/mol. The van der Waals surface area contributed by atoms with Crippen molar-refractivity contribution in [1.82, 2.24) is 0 Å². The van der Waals surface area contributed by atoms with Gasteiger partial charge in [-0.15, -0.1) is 0 Å². The largest absolute Gasteiger partial charge is 0.397 e. The molecule has 0 fully saturated rings. The standard InChI is InChI=1S/C5H14OSi/c1-4-5(6)7(2)3/h5-7H,4H2,1-3H3. The first-order valence-corrected chi connectivity index (χ1v) is 5.84. The zero-order chi connectivity index (χ0) is 5.86. The summed E-state index contributed by atoms with van der Waals surface area (Å²) in [5.41, 5.74) is 0.0417. The van der Waals surface area contributed by atoms with E-state index in [0.717, 1.165) is 6.42 Å². The maximum absolute atomic E-state index is 9.00. The molecule has 7 heavy (non-hydrogen) atoms. The van der Waals surface area contributed by atoms with E-state index in [1.165, 1.54) is 0 Å². The number of aliphatic hydroxyl groups excluding tert-OH is 1. The molecule has 1 atom stereocenters. The van der Waals surface area contributed by atoms with Crippen LogP contribution in [0.3, 0.4) is 0 Å². The number of aliphatic hydroxyl groups is 1. The molecule has 1 N–H and O–H groups in total. The second-order valence-corrected chi connectivity index (χ2v) is 5.48. The van der Waals surface area contributed by atoms with Gasteiger partial charge in [0, 0.05) is 5.73 Å². The van der Waals surface area contributed by atoms with Crippen LogP contribution in [0, 0.1) is 0 Å². The van der Waals surface area contributed by atoms with Crippen molar-refractivity contribution in [2.45, 2.75) is 32.2 Å². The molecule has 1 unspecified atom stereocenters. The molecule has 0 spiro atoms. The molecular formula is C5H14OSi. The molecule has 0 saturated heterocycles. The van der Waals surface area contributed by atoms with E-state index in [0.29, 0.717) is 0 Å². The highest BCUT2D eigenvalue weighted by Gasteiger charge is 2.05. The van der Waals surface area contributed by atoms with Crippen LogP contribution in [-0.4, -0.2) is 19.6 Å². The Morgan fingerprint density at radius 1 is 1.57 bits per heavy atom. The van der Waals surface area contributed by atoms with E-state index in [9.17, 15) is 0 Å². The van der Waals surface area contributed by atoms with Gasteiger partial charge in [-0.1, -0.05) is 20.0 Å². The molecule has 0 aromatic carbocycles. The van der Waals surface area contributed by atoms with Gasteiger partial charge in [-0.3, -0.25) is 0 Å². The van der Waals surface area contributed by atoms with Gasteiger partial charge in [0.15, 0.2) is 0 Å². The summed E-state index contributed by atoms with van der Waals surface area (Å²) >= 11 is 0. The topological polar surface area (TPSA) is 20.2 Å². The first kappa shape index (κ1) is 7.18. The second kappa shape index (κ2) is 3.21. The van der Waals surface area contributed by atoms with Gasteiger partial charge in [0.1, 0.15) is 0 Å². The van der Waals surface area contributed by atoms with E-state index in [1.807, 2.05) is 6.92 Å². The first-order chi connectivity index (χ1) is 3.18. The number of hydrogen-bond acceptors (Lipinski definition) is 1. The van der Waals surface area contributed by atoms with Crippen molar-refractivity contribution in [3.63, 3.8) is 0 Å². The van der Waals surface area contributed by atoms with Crippen LogP contribution in [0.25, 0.3) is 0 Å². The predicted octanol–water partition coefficient (Wildman–Crippen LogP) is 0.783. The molecule has 0 aromatic heterocycles. The third-order valence-electron chi connectivity index (χ3n) is 1.19. The molecule has 0 rings (SSSR count). The quantitative estimate of drug-likeness (QED) is 0.531. The van der Waals surface area contributed by atoms with Crippen LogP contribution in [0.2, 0.25) is 13.1 Å². The summed E-state index contributed by atoms with van der Waals surface area (Å²) in [4.78, 5) is 0. The van der Waals surface area contributed by atoms with Gasteiger partial charge in [0.05, 0.1) is 8.80 Å². The SMILES string of the molecule is CCC(O)[SiH](C)C. The van der Waals surface area contributed by atoms with Gasteiger partial charge < -0.3 is 5.11 Å². The molecule has 2 heteroatoms. The Balaban J connectivity index is 3.14. The minimum absolute atomic E-state index is 0.0417. The molecule has 0 heterocycles. The lowest BCUT2D eigenvalue weighted by molar-refractivity contribution is 0.244. The van der Waals surface area contributed by atoms with Crippen LogP contribution in [0.15, 0.2) is 0 Å². The van der Waals surface area contributed by atoms with Gasteiger partial charge in [-0.05, 0) is 6.42 Å². The maximum atomic E-state index is 9.00. The van der Waals surface area contributed by atoms with Crippen LogP contribution in [-0.2, 0) is 0 Å². The van der Waals surface area contributed by atoms with Gasteiger partial charge in [-0.25, -0.2) is 0 Å². The van der Waals surface area contributed by atoms with E-state index in [1.54, 1.807) is 0 Å². The van der Waals surface area contributed by atoms with E-state index in [4.69, 9.17) is 5.11 Å². The number of rotatable bonds is 2. The van der Waals surface area contributed by atoms with E-state index in [2.05, 4.69) is 13.1 Å². The highest BCUT2D eigenvalue weighted by Crippen LogP contribution is 1.93. The lowest BCUT2D eigenvalue weighted by Gasteiger charge is -2.07. The Hall–Kier alpha value is 0.177. The van der Waals surface area contributed by atoms with Crippen LogP contribution >= 0.6 is 0 Å². The minimum atomic E-state index is -0.709.